The van der Waals surface area contributed by atoms with Gasteiger partial charge in [0.2, 0.25) is 5.91 Å². The average Bonchev–Trinajstić information content (AvgIpc) is 2.91. The summed E-state index contributed by atoms with van der Waals surface area (Å²) in [5, 5.41) is 3.72. The predicted octanol–water partition coefficient (Wildman–Crippen LogP) is 4.69. The summed E-state index contributed by atoms with van der Waals surface area (Å²) in [6.07, 6.45) is 1.43. The summed E-state index contributed by atoms with van der Waals surface area (Å²) in [4.78, 5) is 24.0. The number of halogens is 2. The lowest BCUT2D eigenvalue weighted by Gasteiger charge is -2.11. The van der Waals surface area contributed by atoms with E-state index in [4.69, 9.17) is 23.2 Å². The summed E-state index contributed by atoms with van der Waals surface area (Å²) in [5.74, 6) is 0.0760. The fourth-order valence-corrected chi connectivity index (χ4v) is 3.35. The van der Waals surface area contributed by atoms with E-state index in [0.717, 1.165) is 16.6 Å². The van der Waals surface area contributed by atoms with Crippen LogP contribution in [0.25, 0.3) is 11.0 Å². The quantitative estimate of drug-likeness (QED) is 0.643. The van der Waals surface area contributed by atoms with Crippen LogP contribution in [0.4, 0.5) is 5.82 Å². The first-order valence-electron chi connectivity index (χ1n) is 7.17. The molecule has 124 valence electrons. The lowest BCUT2D eigenvalue weighted by molar-refractivity contribution is -0.115. The van der Waals surface area contributed by atoms with E-state index in [1.165, 1.54) is 24.0 Å². The second-order valence-corrected chi connectivity index (χ2v) is 7.47. The number of aryl methyl sites for hydroxylation is 1. The van der Waals surface area contributed by atoms with Crippen molar-refractivity contribution >= 4 is 57.7 Å². The molecule has 0 aliphatic rings. The molecule has 0 fully saturated rings. The molecule has 8 heteroatoms. The van der Waals surface area contributed by atoms with Crippen LogP contribution >= 0.6 is 35.0 Å². The van der Waals surface area contributed by atoms with Gasteiger partial charge in [-0.05, 0) is 37.6 Å². The summed E-state index contributed by atoms with van der Waals surface area (Å²) in [7, 11) is 0. The van der Waals surface area contributed by atoms with E-state index >= 15 is 0 Å². The highest BCUT2D eigenvalue weighted by molar-refractivity contribution is 8.00. The van der Waals surface area contributed by atoms with Crippen molar-refractivity contribution in [3.63, 3.8) is 0 Å². The second kappa shape index (κ2) is 7.01. The summed E-state index contributed by atoms with van der Waals surface area (Å²) in [6, 6.07) is 7.51. The fraction of sp³-hybridized carbons (Fsp3) is 0.188. The number of carbonyl (C=O) groups excluding carboxylic acids is 1. The minimum atomic E-state index is -0.375. The van der Waals surface area contributed by atoms with Gasteiger partial charge in [-0.2, -0.15) is 0 Å². The van der Waals surface area contributed by atoms with Crippen molar-refractivity contribution in [2.45, 2.75) is 24.3 Å². The Hall–Kier alpha value is -1.76. The molecule has 1 amide bonds. The topological polar surface area (TPSA) is 70.7 Å². The number of hydrogen-bond acceptors (Lipinski definition) is 4. The molecule has 0 saturated carbocycles. The Labute approximate surface area is 153 Å². The molecule has 0 aliphatic carbocycles. The van der Waals surface area contributed by atoms with Crippen LogP contribution < -0.4 is 5.32 Å². The molecule has 3 rings (SSSR count). The van der Waals surface area contributed by atoms with E-state index in [-0.39, 0.29) is 11.2 Å². The molecular formula is C16H14Cl2N4OS. The molecule has 1 aromatic carbocycles. The Morgan fingerprint density at radius 2 is 2.12 bits per heavy atom. The van der Waals surface area contributed by atoms with Gasteiger partial charge in [0, 0.05) is 6.20 Å². The number of nitrogens with zero attached hydrogens (tertiary/aromatic N) is 2. The van der Waals surface area contributed by atoms with Crippen LogP contribution in [0.1, 0.15) is 12.5 Å². The number of H-pyrrole nitrogens is 1. The van der Waals surface area contributed by atoms with Crippen LogP contribution in [0.3, 0.4) is 0 Å². The number of carbonyl (C=O) groups is 1. The molecule has 3 aromatic rings. The van der Waals surface area contributed by atoms with Crippen LogP contribution in [0, 0.1) is 6.92 Å². The van der Waals surface area contributed by atoms with Crippen molar-refractivity contribution in [1.82, 2.24) is 15.0 Å². The number of hydrogen-bond donors (Lipinski definition) is 2. The minimum Gasteiger partial charge on any atom is -0.333 e. The number of anilines is 1. The number of aromatic nitrogens is 3. The monoisotopic (exact) mass is 380 g/mol. The number of nitrogens with one attached hydrogen (secondary N) is 2. The maximum atomic E-state index is 12.3. The van der Waals surface area contributed by atoms with Crippen LogP contribution in [-0.2, 0) is 4.79 Å². The third-order valence-electron chi connectivity index (χ3n) is 3.32. The number of thioether (sulfide) groups is 1. The smallest absolute Gasteiger partial charge is 0.238 e. The van der Waals surface area contributed by atoms with Crippen molar-refractivity contribution < 1.29 is 4.79 Å². The standard InChI is InChI=1S/C16H14Cl2N4OS/c1-8-3-4-12-13(5-8)21-16(20-12)24-9(2)15(23)22-14-11(18)6-10(17)7-19-14/h3-7,9H,1-2H3,(H,20,21)(H,19,22,23)/t9-/m1/s1. The first-order chi connectivity index (χ1) is 11.4. The molecular weight excluding hydrogens is 367 g/mol. The highest BCUT2D eigenvalue weighted by Crippen LogP contribution is 2.26. The lowest BCUT2D eigenvalue weighted by Crippen LogP contribution is -2.23. The van der Waals surface area contributed by atoms with Crippen LogP contribution in [-0.4, -0.2) is 26.1 Å². The van der Waals surface area contributed by atoms with Gasteiger partial charge in [-0.1, -0.05) is 41.0 Å². The van der Waals surface area contributed by atoms with E-state index in [1.54, 1.807) is 6.92 Å². The summed E-state index contributed by atoms with van der Waals surface area (Å²) in [5.41, 5.74) is 2.97. The second-order valence-electron chi connectivity index (χ2n) is 5.30. The molecule has 2 heterocycles. The Bertz CT molecular complexity index is 912. The third-order valence-corrected chi connectivity index (χ3v) is 4.80. The fourth-order valence-electron chi connectivity index (χ4n) is 2.10. The van der Waals surface area contributed by atoms with Gasteiger partial charge >= 0.3 is 0 Å². The highest BCUT2D eigenvalue weighted by Gasteiger charge is 2.18. The Morgan fingerprint density at radius 1 is 1.33 bits per heavy atom. The average molecular weight is 381 g/mol. The first kappa shape index (κ1) is 17.1. The molecule has 24 heavy (non-hydrogen) atoms. The maximum Gasteiger partial charge on any atom is 0.238 e. The Kier molecular flexibility index (Phi) is 4.99. The molecule has 0 aliphatic heterocycles. The minimum absolute atomic E-state index is 0.214. The van der Waals surface area contributed by atoms with Gasteiger partial charge in [0.05, 0.1) is 26.3 Å². The van der Waals surface area contributed by atoms with Gasteiger partial charge < -0.3 is 10.3 Å². The molecule has 0 radical (unpaired) electrons. The summed E-state index contributed by atoms with van der Waals surface area (Å²) < 4.78 is 0. The Morgan fingerprint density at radius 3 is 2.88 bits per heavy atom. The molecule has 1 atom stereocenters. The van der Waals surface area contributed by atoms with E-state index in [9.17, 15) is 4.79 Å². The van der Waals surface area contributed by atoms with E-state index in [1.807, 2.05) is 25.1 Å². The van der Waals surface area contributed by atoms with Crippen LogP contribution in [0.2, 0.25) is 10.0 Å². The van der Waals surface area contributed by atoms with Gasteiger partial charge in [0.1, 0.15) is 0 Å². The van der Waals surface area contributed by atoms with Gasteiger partial charge in [0.15, 0.2) is 11.0 Å². The molecule has 0 spiro atoms. The highest BCUT2D eigenvalue weighted by atomic mass is 35.5. The van der Waals surface area contributed by atoms with Crippen molar-refractivity contribution in [3.8, 4) is 0 Å². The summed E-state index contributed by atoms with van der Waals surface area (Å²) >= 11 is 13.2. The van der Waals surface area contributed by atoms with Gasteiger partial charge in [0.25, 0.3) is 0 Å². The SMILES string of the molecule is Cc1ccc2nc(S[C@H](C)C(=O)Nc3ncc(Cl)cc3Cl)[nH]c2c1. The van der Waals surface area contributed by atoms with Gasteiger partial charge in [-0.15, -0.1) is 0 Å². The maximum absolute atomic E-state index is 12.3. The predicted molar refractivity (Wildman–Crippen MR) is 99.0 cm³/mol. The number of pyridine rings is 1. The van der Waals surface area contributed by atoms with Gasteiger partial charge in [-0.3, -0.25) is 4.79 Å². The van der Waals surface area contributed by atoms with Crippen molar-refractivity contribution in [3.05, 3.63) is 46.1 Å². The number of aromatic amines is 1. The lowest BCUT2D eigenvalue weighted by atomic mass is 10.2. The zero-order valence-electron chi connectivity index (χ0n) is 12.9. The van der Waals surface area contributed by atoms with Crippen molar-refractivity contribution in [2.24, 2.45) is 0 Å². The number of rotatable bonds is 4. The molecule has 5 nitrogen and oxygen atoms in total. The van der Waals surface area contributed by atoms with Crippen molar-refractivity contribution in [1.29, 1.82) is 0 Å². The molecule has 2 aromatic heterocycles. The van der Waals surface area contributed by atoms with Crippen molar-refractivity contribution in [2.75, 3.05) is 5.32 Å². The number of imidazole rings is 1. The largest absolute Gasteiger partial charge is 0.333 e. The van der Waals surface area contributed by atoms with E-state index < -0.39 is 0 Å². The number of amides is 1. The summed E-state index contributed by atoms with van der Waals surface area (Å²) in [6.45, 7) is 3.81. The molecule has 0 unspecified atom stereocenters. The zero-order valence-corrected chi connectivity index (χ0v) is 15.3. The molecule has 0 saturated heterocycles. The van der Waals surface area contributed by atoms with Gasteiger partial charge in [-0.25, -0.2) is 9.97 Å². The van der Waals surface area contributed by atoms with Crippen LogP contribution in [0.15, 0.2) is 35.6 Å². The molecule has 2 N–H and O–H groups in total. The third kappa shape index (κ3) is 3.83. The van der Waals surface area contributed by atoms with Crippen LogP contribution in [0.5, 0.6) is 0 Å². The Balaban J connectivity index is 1.70. The normalized spacial score (nSPS) is 12.3. The first-order valence-corrected chi connectivity index (χ1v) is 8.81. The van der Waals surface area contributed by atoms with E-state index in [0.29, 0.717) is 21.0 Å². The molecule has 0 bridgehead atoms. The van der Waals surface area contributed by atoms with E-state index in [2.05, 4.69) is 20.3 Å². The number of benzene rings is 1. The zero-order chi connectivity index (χ0) is 17.3. The number of fused-ring (bicyclic) bond motifs is 1.